The first-order valence-corrected chi connectivity index (χ1v) is 7.74. The molecule has 1 heteroatoms. The molecule has 0 aliphatic heterocycles. The summed E-state index contributed by atoms with van der Waals surface area (Å²) in [4.78, 5) is 0. The molecule has 16 heavy (non-hydrogen) atoms. The molecule has 98 valence electrons. The van der Waals surface area contributed by atoms with E-state index in [2.05, 4.69) is 20.8 Å². The fourth-order valence-electron chi connectivity index (χ4n) is 2.13. The first-order chi connectivity index (χ1) is 7.66. The summed E-state index contributed by atoms with van der Waals surface area (Å²) in [5, 5.41) is 0.417. The van der Waals surface area contributed by atoms with Gasteiger partial charge in [0.2, 0.25) is 0 Å². The van der Waals surface area contributed by atoms with E-state index in [4.69, 9.17) is 11.6 Å². The highest BCUT2D eigenvalue weighted by atomic mass is 35.5. The van der Waals surface area contributed by atoms with Gasteiger partial charge in [0.15, 0.2) is 0 Å². The molecule has 0 saturated heterocycles. The SMILES string of the molecule is CCCCCCCCCCC(Cl)CC(C)C. The van der Waals surface area contributed by atoms with E-state index < -0.39 is 0 Å². The van der Waals surface area contributed by atoms with Crippen molar-refractivity contribution >= 4 is 11.6 Å². The molecule has 0 aromatic rings. The van der Waals surface area contributed by atoms with Crippen molar-refractivity contribution in [3.05, 3.63) is 0 Å². The Kier molecular flexibility index (Phi) is 12.0. The van der Waals surface area contributed by atoms with E-state index in [0.717, 1.165) is 5.92 Å². The number of halogens is 1. The van der Waals surface area contributed by atoms with Gasteiger partial charge in [-0.1, -0.05) is 72.1 Å². The number of rotatable bonds is 11. The summed E-state index contributed by atoms with van der Waals surface area (Å²) in [6.07, 6.45) is 13.6. The summed E-state index contributed by atoms with van der Waals surface area (Å²) in [7, 11) is 0. The highest BCUT2D eigenvalue weighted by Crippen LogP contribution is 2.18. The lowest BCUT2D eigenvalue weighted by Crippen LogP contribution is -2.03. The van der Waals surface area contributed by atoms with Gasteiger partial charge in [0.1, 0.15) is 0 Å². The molecular weight excluding hydrogens is 216 g/mol. The van der Waals surface area contributed by atoms with Crippen LogP contribution in [0.2, 0.25) is 0 Å². The third kappa shape index (κ3) is 12.4. The van der Waals surface area contributed by atoms with E-state index in [1.807, 2.05) is 0 Å². The van der Waals surface area contributed by atoms with Gasteiger partial charge in [-0.25, -0.2) is 0 Å². The van der Waals surface area contributed by atoms with Crippen LogP contribution < -0.4 is 0 Å². The minimum atomic E-state index is 0.417. The Labute approximate surface area is 108 Å². The van der Waals surface area contributed by atoms with Gasteiger partial charge in [-0.3, -0.25) is 0 Å². The van der Waals surface area contributed by atoms with Crippen LogP contribution in [0.5, 0.6) is 0 Å². The summed E-state index contributed by atoms with van der Waals surface area (Å²) < 4.78 is 0. The van der Waals surface area contributed by atoms with E-state index in [-0.39, 0.29) is 0 Å². The van der Waals surface area contributed by atoms with Gasteiger partial charge >= 0.3 is 0 Å². The summed E-state index contributed by atoms with van der Waals surface area (Å²) >= 11 is 6.26. The summed E-state index contributed by atoms with van der Waals surface area (Å²) in [5.74, 6) is 0.747. The van der Waals surface area contributed by atoms with Crippen LogP contribution in [0.15, 0.2) is 0 Å². The molecule has 0 aliphatic carbocycles. The third-order valence-corrected chi connectivity index (χ3v) is 3.49. The first-order valence-electron chi connectivity index (χ1n) is 7.30. The molecule has 0 saturated carbocycles. The van der Waals surface area contributed by atoms with Gasteiger partial charge < -0.3 is 0 Å². The number of unbranched alkanes of at least 4 members (excludes halogenated alkanes) is 7. The molecule has 0 rings (SSSR count). The average Bonchev–Trinajstić information content (AvgIpc) is 2.21. The largest absolute Gasteiger partial charge is 0.123 e. The monoisotopic (exact) mass is 246 g/mol. The summed E-state index contributed by atoms with van der Waals surface area (Å²) in [6, 6.07) is 0. The molecular formula is C15H31Cl. The summed E-state index contributed by atoms with van der Waals surface area (Å²) in [5.41, 5.74) is 0. The van der Waals surface area contributed by atoms with E-state index >= 15 is 0 Å². The molecule has 0 N–H and O–H groups in total. The number of hydrogen-bond donors (Lipinski definition) is 0. The maximum atomic E-state index is 6.26. The maximum absolute atomic E-state index is 6.26. The van der Waals surface area contributed by atoms with Crippen LogP contribution in [0.4, 0.5) is 0 Å². The van der Waals surface area contributed by atoms with E-state index in [1.165, 1.54) is 64.2 Å². The number of hydrogen-bond acceptors (Lipinski definition) is 0. The minimum Gasteiger partial charge on any atom is -0.123 e. The van der Waals surface area contributed by atoms with Crippen molar-refractivity contribution in [2.45, 2.75) is 90.4 Å². The van der Waals surface area contributed by atoms with Crippen molar-refractivity contribution in [2.75, 3.05) is 0 Å². The highest BCUT2D eigenvalue weighted by Gasteiger charge is 2.06. The molecule has 0 radical (unpaired) electrons. The van der Waals surface area contributed by atoms with Crippen LogP contribution in [0.3, 0.4) is 0 Å². The standard InChI is InChI=1S/C15H31Cl/c1-4-5-6-7-8-9-10-11-12-15(16)13-14(2)3/h14-15H,4-13H2,1-3H3. The fraction of sp³-hybridized carbons (Fsp3) is 1.00. The Morgan fingerprint density at radius 3 is 1.81 bits per heavy atom. The van der Waals surface area contributed by atoms with Gasteiger partial charge in [-0.05, 0) is 18.8 Å². The van der Waals surface area contributed by atoms with Gasteiger partial charge in [0, 0.05) is 5.38 Å². The van der Waals surface area contributed by atoms with Crippen molar-refractivity contribution in [3.63, 3.8) is 0 Å². The molecule has 0 fully saturated rings. The van der Waals surface area contributed by atoms with Crippen LogP contribution in [0.25, 0.3) is 0 Å². The van der Waals surface area contributed by atoms with Gasteiger partial charge in [0.05, 0.1) is 0 Å². The lowest BCUT2D eigenvalue weighted by molar-refractivity contribution is 0.511. The van der Waals surface area contributed by atoms with Crippen molar-refractivity contribution < 1.29 is 0 Å². The van der Waals surface area contributed by atoms with Crippen LogP contribution in [0.1, 0.15) is 85.0 Å². The second-order valence-corrected chi connectivity index (χ2v) is 6.11. The minimum absolute atomic E-state index is 0.417. The van der Waals surface area contributed by atoms with Crippen LogP contribution in [-0.2, 0) is 0 Å². The second-order valence-electron chi connectivity index (χ2n) is 5.49. The molecule has 0 bridgehead atoms. The zero-order valence-corrected chi connectivity index (χ0v) is 12.4. The van der Waals surface area contributed by atoms with E-state index in [9.17, 15) is 0 Å². The Hall–Kier alpha value is 0.290. The van der Waals surface area contributed by atoms with E-state index in [0.29, 0.717) is 5.38 Å². The fourth-order valence-corrected chi connectivity index (χ4v) is 2.64. The van der Waals surface area contributed by atoms with Gasteiger partial charge in [-0.2, -0.15) is 0 Å². The molecule has 0 nitrogen and oxygen atoms in total. The topological polar surface area (TPSA) is 0 Å². The predicted octanol–water partition coefficient (Wildman–Crippen LogP) is 6.17. The Balaban J connectivity index is 3.08. The molecule has 0 aromatic heterocycles. The first kappa shape index (κ1) is 16.3. The van der Waals surface area contributed by atoms with Crippen LogP contribution >= 0.6 is 11.6 Å². The predicted molar refractivity (Wildman–Crippen MR) is 76.3 cm³/mol. The smallest absolute Gasteiger partial charge is 0.0338 e. The zero-order chi connectivity index (χ0) is 12.2. The molecule has 0 aliphatic rings. The molecule has 0 spiro atoms. The lowest BCUT2D eigenvalue weighted by Gasteiger charge is -2.11. The Bertz CT molecular complexity index is 131. The van der Waals surface area contributed by atoms with Crippen LogP contribution in [0, 0.1) is 5.92 Å². The van der Waals surface area contributed by atoms with Crippen molar-refractivity contribution in [1.29, 1.82) is 0 Å². The third-order valence-electron chi connectivity index (χ3n) is 3.10. The van der Waals surface area contributed by atoms with Crippen molar-refractivity contribution in [1.82, 2.24) is 0 Å². The highest BCUT2D eigenvalue weighted by molar-refractivity contribution is 6.20. The number of alkyl halides is 1. The quantitative estimate of drug-likeness (QED) is 0.302. The summed E-state index contributed by atoms with van der Waals surface area (Å²) in [6.45, 7) is 6.78. The lowest BCUT2D eigenvalue weighted by atomic mass is 10.0. The Morgan fingerprint density at radius 2 is 1.31 bits per heavy atom. The van der Waals surface area contributed by atoms with Gasteiger partial charge in [0.25, 0.3) is 0 Å². The molecule has 0 amide bonds. The Morgan fingerprint density at radius 1 is 0.812 bits per heavy atom. The maximum Gasteiger partial charge on any atom is 0.0338 e. The molecule has 1 atom stereocenters. The molecule has 1 unspecified atom stereocenters. The van der Waals surface area contributed by atoms with Gasteiger partial charge in [-0.15, -0.1) is 11.6 Å². The van der Waals surface area contributed by atoms with Crippen molar-refractivity contribution in [3.8, 4) is 0 Å². The zero-order valence-electron chi connectivity index (χ0n) is 11.6. The van der Waals surface area contributed by atoms with Crippen LogP contribution in [-0.4, -0.2) is 5.38 Å². The molecule has 0 heterocycles. The normalized spacial score (nSPS) is 13.3. The van der Waals surface area contributed by atoms with E-state index in [1.54, 1.807) is 0 Å². The second kappa shape index (κ2) is 11.8. The average molecular weight is 247 g/mol. The van der Waals surface area contributed by atoms with Crippen molar-refractivity contribution in [2.24, 2.45) is 5.92 Å². The molecule has 0 aromatic carbocycles.